The van der Waals surface area contributed by atoms with E-state index in [1.165, 1.54) is 43.9 Å². The third kappa shape index (κ3) is 4.78. The Labute approximate surface area is 399 Å². The minimum atomic E-state index is -0.179. The van der Waals surface area contributed by atoms with Crippen molar-refractivity contribution < 1.29 is 18.3 Å². The second kappa shape index (κ2) is 12.6. The van der Waals surface area contributed by atoms with Crippen LogP contribution in [0.3, 0.4) is 0 Å². The highest BCUT2D eigenvalue weighted by atomic mass is 16.5. The molecule has 69 heavy (non-hydrogen) atoms. The third-order valence-electron chi connectivity index (χ3n) is 15.9. The summed E-state index contributed by atoms with van der Waals surface area (Å²) in [5.74, 6) is 3.42. The molecular weight excluding hydrogens is 844 g/mol. The summed E-state index contributed by atoms with van der Waals surface area (Å²) < 4.78 is 32.0. The van der Waals surface area contributed by atoms with Crippen LogP contribution >= 0.6 is 0 Å². The van der Waals surface area contributed by atoms with E-state index in [1.807, 2.05) is 0 Å². The lowest BCUT2D eigenvalue weighted by Gasteiger charge is -2.41. The molecule has 4 aliphatic heterocycles. The van der Waals surface area contributed by atoms with Crippen LogP contribution in [0.2, 0.25) is 0 Å². The molecule has 0 atom stereocenters. The molecule has 0 bridgehead atoms. The van der Waals surface area contributed by atoms with E-state index in [9.17, 15) is 0 Å². The average molecular weight is 888 g/mol. The smallest absolute Gasteiger partial charge is 0.256 e. The molecule has 0 radical (unpaired) electrons. The van der Waals surface area contributed by atoms with E-state index in [1.54, 1.807) is 0 Å². The van der Waals surface area contributed by atoms with Crippen LogP contribution in [0.5, 0.6) is 23.0 Å². The van der Waals surface area contributed by atoms with Gasteiger partial charge >= 0.3 is 0 Å². The van der Waals surface area contributed by atoms with Crippen molar-refractivity contribution in [3.05, 3.63) is 163 Å². The Morgan fingerprint density at radius 2 is 0.841 bits per heavy atom. The standard InChI is InChI=1S/C62H43B2NO4/c1-61(2,3)34-25-38(32-17-9-7-10-18-32)57-44(27-34)63-42-29-40-36-21-13-15-23-46(36)66-59(40)50-51-55-43(30-41-37-22-14-16-24-47(37)67-60(41)51)64-45-28-35(62(4,5)6)26-39(33-19-11-8-12-20-33)58(45)69-49-31-48(68-57)52(63)56(53(49)64)65(55)54(42)50/h7-31H,1-6H3. The molecule has 16 rings (SSSR count). The molecule has 7 heteroatoms. The Morgan fingerprint density at radius 1 is 0.420 bits per heavy atom. The van der Waals surface area contributed by atoms with Crippen molar-refractivity contribution in [1.82, 2.24) is 4.57 Å². The first-order valence-corrected chi connectivity index (χ1v) is 24.3. The number of hydrogen-bond donors (Lipinski definition) is 0. The van der Waals surface area contributed by atoms with E-state index in [0.717, 1.165) is 117 Å². The zero-order valence-electron chi connectivity index (χ0n) is 39.2. The summed E-state index contributed by atoms with van der Waals surface area (Å²) in [7, 11) is 0. The molecule has 0 amide bonds. The van der Waals surface area contributed by atoms with Crippen LogP contribution in [0.4, 0.5) is 0 Å². The molecular formula is C62H43B2NO4. The van der Waals surface area contributed by atoms with Gasteiger partial charge in [0.2, 0.25) is 0 Å². The van der Waals surface area contributed by atoms with Crippen LogP contribution in [0.15, 0.2) is 160 Å². The first-order chi connectivity index (χ1) is 33.5. The zero-order chi connectivity index (χ0) is 46.0. The molecule has 4 aliphatic rings. The fourth-order valence-electron chi connectivity index (χ4n) is 12.7. The maximum absolute atomic E-state index is 7.54. The summed E-state index contributed by atoms with van der Waals surface area (Å²) >= 11 is 0. The van der Waals surface area contributed by atoms with Gasteiger partial charge in [0, 0.05) is 44.4 Å². The molecule has 0 N–H and O–H groups in total. The minimum absolute atomic E-state index is 0.141. The second-order valence-electron chi connectivity index (χ2n) is 21.9. The molecule has 12 aromatic rings. The van der Waals surface area contributed by atoms with E-state index in [2.05, 4.69) is 198 Å². The summed E-state index contributed by atoms with van der Waals surface area (Å²) in [5.41, 5.74) is 20.8. The van der Waals surface area contributed by atoms with Crippen LogP contribution in [0.1, 0.15) is 52.7 Å². The van der Waals surface area contributed by atoms with Gasteiger partial charge in [0.1, 0.15) is 45.3 Å². The molecule has 9 aromatic carbocycles. The predicted molar refractivity (Wildman–Crippen MR) is 286 cm³/mol. The highest BCUT2D eigenvalue weighted by Gasteiger charge is 2.51. The lowest BCUT2D eigenvalue weighted by Crippen LogP contribution is -2.65. The Kier molecular flexibility index (Phi) is 6.96. The fourth-order valence-corrected chi connectivity index (χ4v) is 12.7. The van der Waals surface area contributed by atoms with Crippen molar-refractivity contribution in [3.8, 4) is 50.9 Å². The number of para-hydroxylation sites is 2. The summed E-state index contributed by atoms with van der Waals surface area (Å²) in [4.78, 5) is 0. The van der Waals surface area contributed by atoms with Crippen molar-refractivity contribution in [1.29, 1.82) is 0 Å². The van der Waals surface area contributed by atoms with E-state index in [0.29, 0.717) is 0 Å². The van der Waals surface area contributed by atoms with Gasteiger partial charge in [-0.3, -0.25) is 0 Å². The number of fused-ring (bicyclic) bond motifs is 15. The van der Waals surface area contributed by atoms with Gasteiger partial charge < -0.3 is 22.9 Å². The highest BCUT2D eigenvalue weighted by molar-refractivity contribution is 7.03. The normalized spacial score (nSPS) is 14.1. The van der Waals surface area contributed by atoms with Gasteiger partial charge in [0.15, 0.2) is 0 Å². The Morgan fingerprint density at radius 3 is 1.28 bits per heavy atom. The quantitative estimate of drug-likeness (QED) is 0.162. The maximum Gasteiger partial charge on any atom is 0.256 e. The number of hydrogen-bond acceptors (Lipinski definition) is 4. The first-order valence-electron chi connectivity index (χ1n) is 24.3. The molecule has 3 aromatic heterocycles. The summed E-state index contributed by atoms with van der Waals surface area (Å²) in [6.07, 6.45) is 0. The molecule has 0 saturated heterocycles. The third-order valence-corrected chi connectivity index (χ3v) is 15.9. The van der Waals surface area contributed by atoms with Crippen LogP contribution in [-0.2, 0) is 10.8 Å². The molecule has 0 aliphatic carbocycles. The van der Waals surface area contributed by atoms with Crippen LogP contribution in [0, 0.1) is 0 Å². The van der Waals surface area contributed by atoms with Gasteiger partial charge in [-0.15, -0.1) is 0 Å². The zero-order valence-corrected chi connectivity index (χ0v) is 39.2. The number of nitrogens with zero attached hydrogens (tertiary/aromatic N) is 1. The Balaban J connectivity index is 1.16. The SMILES string of the molecule is CC(C)(C)c1cc2c(c(-c3ccccc3)c1)Oc1cc3c4c5c1B2c1cc2c6ccccc6oc2c2c6c7oc8ccccc8c7cc(c6n-5c12)B4c1cc(C(C)(C)C)cc(-c2ccccc2)c1O3. The van der Waals surface area contributed by atoms with Crippen molar-refractivity contribution in [3.63, 3.8) is 0 Å². The van der Waals surface area contributed by atoms with Crippen molar-refractivity contribution >= 4 is 112 Å². The molecule has 7 heterocycles. The van der Waals surface area contributed by atoms with E-state index >= 15 is 0 Å². The van der Waals surface area contributed by atoms with Crippen molar-refractivity contribution in [2.45, 2.75) is 52.4 Å². The Bertz CT molecular complexity index is 4060. The van der Waals surface area contributed by atoms with Crippen LogP contribution < -0.4 is 42.3 Å². The van der Waals surface area contributed by atoms with E-state index in [-0.39, 0.29) is 24.3 Å². The lowest BCUT2D eigenvalue weighted by molar-refractivity contribution is 0.466. The largest absolute Gasteiger partial charge is 0.458 e. The number of ether oxygens (including phenoxy) is 2. The lowest BCUT2D eigenvalue weighted by atomic mass is 9.30. The second-order valence-corrected chi connectivity index (χ2v) is 21.9. The molecule has 5 nitrogen and oxygen atoms in total. The van der Waals surface area contributed by atoms with Gasteiger partial charge in [-0.25, -0.2) is 0 Å². The molecule has 0 saturated carbocycles. The highest BCUT2D eigenvalue weighted by Crippen LogP contribution is 2.50. The number of rotatable bonds is 2. The van der Waals surface area contributed by atoms with Gasteiger partial charge in [0.05, 0.1) is 21.8 Å². The van der Waals surface area contributed by atoms with E-state index < -0.39 is 0 Å². The van der Waals surface area contributed by atoms with Crippen LogP contribution in [-0.4, -0.2) is 18.0 Å². The Hall–Kier alpha value is -7.89. The molecule has 0 unspecified atom stereocenters. The number of benzene rings is 9. The molecule has 0 fully saturated rings. The predicted octanol–water partition coefficient (Wildman–Crippen LogP) is 12.4. The van der Waals surface area contributed by atoms with E-state index in [4.69, 9.17) is 18.3 Å². The minimum Gasteiger partial charge on any atom is -0.458 e. The van der Waals surface area contributed by atoms with Gasteiger partial charge in [-0.1, -0.05) is 163 Å². The summed E-state index contributed by atoms with van der Waals surface area (Å²) in [6.45, 7) is 13.5. The number of aromatic nitrogens is 1. The molecule has 326 valence electrons. The fraction of sp³-hybridized carbons (Fsp3) is 0.129. The average Bonchev–Trinajstić information content (AvgIpc) is 4.04. The maximum atomic E-state index is 7.54. The first kappa shape index (κ1) is 38.1. The monoisotopic (exact) mass is 887 g/mol. The van der Waals surface area contributed by atoms with Gasteiger partial charge in [0.25, 0.3) is 13.4 Å². The number of furan rings is 2. The molecule has 0 spiro atoms. The van der Waals surface area contributed by atoms with Crippen molar-refractivity contribution in [2.24, 2.45) is 0 Å². The van der Waals surface area contributed by atoms with Crippen LogP contribution in [0.25, 0.3) is 93.6 Å². The summed E-state index contributed by atoms with van der Waals surface area (Å²) in [5, 5.41) is 6.57. The van der Waals surface area contributed by atoms with Gasteiger partial charge in [-0.05, 0) is 90.1 Å². The van der Waals surface area contributed by atoms with Crippen molar-refractivity contribution in [2.75, 3.05) is 0 Å². The van der Waals surface area contributed by atoms with Gasteiger partial charge in [-0.2, -0.15) is 0 Å². The topological polar surface area (TPSA) is 49.7 Å². The summed E-state index contributed by atoms with van der Waals surface area (Å²) in [6, 6.07) is 55.2.